The third kappa shape index (κ3) is 4.72. The highest BCUT2D eigenvalue weighted by molar-refractivity contribution is 7.99. The average molecular weight is 379 g/mol. The van der Waals surface area contributed by atoms with E-state index in [4.69, 9.17) is 4.74 Å². The van der Waals surface area contributed by atoms with Crippen molar-refractivity contribution in [2.45, 2.75) is 38.4 Å². The van der Waals surface area contributed by atoms with Crippen LogP contribution in [0.3, 0.4) is 0 Å². The molecule has 0 radical (unpaired) electrons. The zero-order valence-corrected chi connectivity index (χ0v) is 15.7. The summed E-state index contributed by atoms with van der Waals surface area (Å²) in [4.78, 5) is 22.8. The van der Waals surface area contributed by atoms with Gasteiger partial charge in [-0.2, -0.15) is 0 Å². The predicted molar refractivity (Wildman–Crippen MR) is 98.7 cm³/mol. The Labute approximate surface area is 155 Å². The molecule has 140 valence electrons. The van der Waals surface area contributed by atoms with E-state index in [1.807, 2.05) is 11.5 Å². The van der Waals surface area contributed by atoms with E-state index in [9.17, 15) is 14.9 Å². The monoisotopic (exact) mass is 379 g/mol. The van der Waals surface area contributed by atoms with Crippen LogP contribution in [0.1, 0.15) is 26.1 Å². The van der Waals surface area contributed by atoms with Crippen molar-refractivity contribution < 1.29 is 14.5 Å². The molecule has 26 heavy (non-hydrogen) atoms. The molecule has 0 bridgehead atoms. The van der Waals surface area contributed by atoms with Gasteiger partial charge in [0.2, 0.25) is 5.91 Å². The molecular formula is C16H21N5O4S. The molecule has 0 saturated carbocycles. The predicted octanol–water partition coefficient (Wildman–Crippen LogP) is 2.90. The Kier molecular flexibility index (Phi) is 6.96. The Balaban J connectivity index is 2.05. The molecule has 2 aromatic rings. The number of ether oxygens (including phenoxy) is 1. The summed E-state index contributed by atoms with van der Waals surface area (Å²) in [6, 6.07) is 4.28. The molecule has 0 aliphatic carbocycles. The number of rotatable bonds is 9. The molecule has 1 heterocycles. The maximum absolute atomic E-state index is 12.2. The average Bonchev–Trinajstić information content (AvgIpc) is 3.02. The molecule has 1 amide bonds. The molecule has 0 atom stereocenters. The maximum Gasteiger partial charge on any atom is 0.296 e. The van der Waals surface area contributed by atoms with Crippen LogP contribution in [-0.4, -0.2) is 38.5 Å². The van der Waals surface area contributed by atoms with Crippen molar-refractivity contribution in [3.8, 4) is 5.75 Å². The van der Waals surface area contributed by atoms with Gasteiger partial charge in [0.05, 0.1) is 23.9 Å². The molecule has 0 spiro atoms. The highest BCUT2D eigenvalue weighted by Gasteiger charge is 2.18. The van der Waals surface area contributed by atoms with Crippen molar-refractivity contribution >= 4 is 29.0 Å². The molecule has 10 heteroatoms. The summed E-state index contributed by atoms with van der Waals surface area (Å²) in [6.45, 7) is 4.78. The van der Waals surface area contributed by atoms with E-state index < -0.39 is 4.92 Å². The van der Waals surface area contributed by atoms with E-state index in [1.54, 1.807) is 6.07 Å². The van der Waals surface area contributed by atoms with Crippen LogP contribution in [0.15, 0.2) is 23.4 Å². The fourth-order valence-corrected chi connectivity index (χ4v) is 3.18. The Morgan fingerprint density at radius 1 is 1.38 bits per heavy atom. The van der Waals surface area contributed by atoms with Gasteiger partial charge in [-0.15, -0.1) is 10.2 Å². The van der Waals surface area contributed by atoms with Crippen LogP contribution >= 0.6 is 11.8 Å². The number of methoxy groups -OCH3 is 1. The van der Waals surface area contributed by atoms with Gasteiger partial charge in [0.15, 0.2) is 5.16 Å². The summed E-state index contributed by atoms with van der Waals surface area (Å²) in [7, 11) is 1.42. The van der Waals surface area contributed by atoms with Crippen LogP contribution in [-0.2, 0) is 17.8 Å². The maximum atomic E-state index is 12.2. The second-order valence-corrected chi connectivity index (χ2v) is 6.31. The summed E-state index contributed by atoms with van der Waals surface area (Å²) in [5.74, 6) is 0.964. The lowest BCUT2D eigenvalue weighted by molar-refractivity contribution is -0.384. The quantitative estimate of drug-likeness (QED) is 0.405. The largest absolute Gasteiger partial charge is 0.496 e. The number of thioether (sulfide) groups is 1. The first-order chi connectivity index (χ1) is 12.5. The van der Waals surface area contributed by atoms with Crippen molar-refractivity contribution in [3.63, 3.8) is 0 Å². The first-order valence-corrected chi connectivity index (χ1v) is 9.15. The van der Waals surface area contributed by atoms with Crippen LogP contribution in [0.5, 0.6) is 5.75 Å². The highest BCUT2D eigenvalue weighted by Crippen LogP contribution is 2.29. The number of nitrogens with zero attached hydrogens (tertiary/aromatic N) is 4. The van der Waals surface area contributed by atoms with Crippen molar-refractivity contribution in [2.24, 2.45) is 0 Å². The van der Waals surface area contributed by atoms with E-state index in [0.717, 1.165) is 25.2 Å². The molecule has 9 nitrogen and oxygen atoms in total. The van der Waals surface area contributed by atoms with Gasteiger partial charge in [0, 0.05) is 13.0 Å². The number of amides is 1. The number of carbonyl (C=O) groups is 1. The van der Waals surface area contributed by atoms with Crippen molar-refractivity contribution in [2.75, 3.05) is 18.2 Å². The first kappa shape index (κ1) is 19.7. The second kappa shape index (κ2) is 9.18. The van der Waals surface area contributed by atoms with Crippen molar-refractivity contribution in [1.29, 1.82) is 0 Å². The van der Waals surface area contributed by atoms with Gasteiger partial charge >= 0.3 is 0 Å². The summed E-state index contributed by atoms with van der Waals surface area (Å²) in [5.41, 5.74) is -0.0883. The molecule has 0 aliphatic heterocycles. The minimum Gasteiger partial charge on any atom is -0.496 e. The number of hydrogen-bond acceptors (Lipinski definition) is 7. The van der Waals surface area contributed by atoms with Crippen molar-refractivity contribution in [3.05, 3.63) is 34.1 Å². The molecule has 1 aromatic carbocycles. The number of anilines is 1. The number of hydrogen-bond donors (Lipinski definition) is 1. The van der Waals surface area contributed by atoms with Gasteiger partial charge in [0.1, 0.15) is 17.3 Å². The lowest BCUT2D eigenvalue weighted by Crippen LogP contribution is -2.15. The smallest absolute Gasteiger partial charge is 0.296 e. The van der Waals surface area contributed by atoms with Gasteiger partial charge in [-0.1, -0.05) is 18.7 Å². The molecule has 0 unspecified atom stereocenters. The number of aromatic nitrogens is 3. The summed E-state index contributed by atoms with van der Waals surface area (Å²) < 4.78 is 6.95. The molecule has 0 saturated heterocycles. The Hall–Kier alpha value is -2.62. The van der Waals surface area contributed by atoms with Gasteiger partial charge in [0.25, 0.3) is 5.69 Å². The molecule has 1 aromatic heterocycles. The second-order valence-electron chi connectivity index (χ2n) is 5.37. The zero-order valence-electron chi connectivity index (χ0n) is 14.9. The Morgan fingerprint density at radius 2 is 2.15 bits per heavy atom. The molecular weight excluding hydrogens is 358 g/mol. The van der Waals surface area contributed by atoms with Gasteiger partial charge in [-0.3, -0.25) is 14.9 Å². The van der Waals surface area contributed by atoms with Crippen LogP contribution in [0, 0.1) is 10.1 Å². The fourth-order valence-electron chi connectivity index (χ4n) is 2.36. The van der Waals surface area contributed by atoms with Crippen LogP contribution in [0.25, 0.3) is 0 Å². The number of nitrogens with one attached hydrogen (secondary N) is 1. The molecule has 0 fully saturated rings. The number of carbonyl (C=O) groups excluding carboxylic acids is 1. The Morgan fingerprint density at radius 3 is 2.77 bits per heavy atom. The van der Waals surface area contributed by atoms with E-state index in [2.05, 4.69) is 22.4 Å². The fraction of sp³-hybridized carbons (Fsp3) is 0.438. The number of aryl methyl sites for hydroxylation is 1. The summed E-state index contributed by atoms with van der Waals surface area (Å²) in [5, 5.41) is 22.7. The molecule has 0 aliphatic rings. The van der Waals surface area contributed by atoms with E-state index in [-0.39, 0.29) is 23.0 Å². The van der Waals surface area contributed by atoms with Gasteiger partial charge in [-0.25, -0.2) is 0 Å². The van der Waals surface area contributed by atoms with E-state index >= 15 is 0 Å². The zero-order chi connectivity index (χ0) is 19.1. The minimum atomic E-state index is -0.560. The van der Waals surface area contributed by atoms with E-state index in [1.165, 1.54) is 31.0 Å². The minimum absolute atomic E-state index is 0.0768. The summed E-state index contributed by atoms with van der Waals surface area (Å²) in [6.07, 6.45) is 1.79. The molecule has 2 rings (SSSR count). The van der Waals surface area contributed by atoms with Crippen LogP contribution in [0.2, 0.25) is 0 Å². The van der Waals surface area contributed by atoms with Crippen LogP contribution < -0.4 is 10.1 Å². The third-order valence-electron chi connectivity index (χ3n) is 3.59. The van der Waals surface area contributed by atoms with Gasteiger partial charge < -0.3 is 14.6 Å². The summed E-state index contributed by atoms with van der Waals surface area (Å²) >= 11 is 1.25. The Bertz CT molecular complexity index is 793. The number of nitro groups is 1. The topological polar surface area (TPSA) is 112 Å². The third-order valence-corrected chi connectivity index (χ3v) is 4.56. The van der Waals surface area contributed by atoms with Gasteiger partial charge in [-0.05, 0) is 25.5 Å². The lowest BCUT2D eigenvalue weighted by atomic mass is 10.2. The standard InChI is InChI=1S/C16H21N5O4S/c1-4-6-14-18-19-16(20(14)5-2)26-10-15(22)17-12-8-7-11(25-3)9-13(12)21(23)24/h7-9H,4-6,10H2,1-3H3,(H,17,22). The van der Waals surface area contributed by atoms with Crippen molar-refractivity contribution in [1.82, 2.24) is 14.8 Å². The highest BCUT2D eigenvalue weighted by atomic mass is 32.2. The first-order valence-electron chi connectivity index (χ1n) is 8.17. The normalized spacial score (nSPS) is 10.6. The number of benzene rings is 1. The lowest BCUT2D eigenvalue weighted by Gasteiger charge is -2.08. The number of nitro benzene ring substituents is 1. The van der Waals surface area contributed by atoms with E-state index in [0.29, 0.717) is 10.9 Å². The SMILES string of the molecule is CCCc1nnc(SCC(=O)Nc2ccc(OC)cc2[N+](=O)[O-])n1CC. The van der Waals surface area contributed by atoms with Crippen LogP contribution in [0.4, 0.5) is 11.4 Å². The molecule has 1 N–H and O–H groups in total.